The lowest BCUT2D eigenvalue weighted by Gasteiger charge is -2.18. The van der Waals surface area contributed by atoms with E-state index < -0.39 is 30.0 Å². The minimum Gasteiger partial charge on any atom is -0.507 e. The normalized spacial score (nSPS) is 11.9. The lowest BCUT2D eigenvalue weighted by molar-refractivity contribution is -0.141. The standard InChI is InChI=1S/C16H17NO6S/c1-9-5-12(18)15(16(22)17(9)7-13(19)20)11(6-14(21)23-2)10-3-4-24-8-10/h3-5,8,11,18H,6-7H2,1-2H3,(H,19,20)/t11-/m0/s1. The van der Waals surface area contributed by atoms with Crippen molar-refractivity contribution in [3.05, 3.63) is 50.1 Å². The van der Waals surface area contributed by atoms with Gasteiger partial charge < -0.3 is 19.5 Å². The summed E-state index contributed by atoms with van der Waals surface area (Å²) < 4.78 is 5.74. The molecule has 0 spiro atoms. The summed E-state index contributed by atoms with van der Waals surface area (Å²) in [4.78, 5) is 35.5. The fourth-order valence-electron chi connectivity index (χ4n) is 2.54. The second kappa shape index (κ2) is 7.31. The van der Waals surface area contributed by atoms with E-state index in [1.807, 2.05) is 0 Å². The van der Waals surface area contributed by atoms with Gasteiger partial charge in [0.05, 0.1) is 19.1 Å². The van der Waals surface area contributed by atoms with Gasteiger partial charge in [-0.25, -0.2) is 0 Å². The Balaban J connectivity index is 2.63. The largest absolute Gasteiger partial charge is 0.507 e. The van der Waals surface area contributed by atoms with Crippen LogP contribution in [0.2, 0.25) is 0 Å². The van der Waals surface area contributed by atoms with Gasteiger partial charge in [-0.1, -0.05) is 0 Å². The molecule has 24 heavy (non-hydrogen) atoms. The first kappa shape index (κ1) is 17.7. The van der Waals surface area contributed by atoms with Crippen LogP contribution in [0.25, 0.3) is 0 Å². The molecule has 2 heterocycles. The number of hydrogen-bond donors (Lipinski definition) is 2. The summed E-state index contributed by atoms with van der Waals surface area (Å²) in [7, 11) is 1.24. The first-order chi connectivity index (χ1) is 11.3. The molecule has 0 fully saturated rings. The van der Waals surface area contributed by atoms with Gasteiger partial charge in [0.1, 0.15) is 12.3 Å². The fourth-order valence-corrected chi connectivity index (χ4v) is 3.25. The van der Waals surface area contributed by atoms with Crippen molar-refractivity contribution in [2.75, 3.05) is 7.11 Å². The molecule has 128 valence electrons. The Labute approximate surface area is 141 Å². The summed E-state index contributed by atoms with van der Waals surface area (Å²) in [5, 5.41) is 22.8. The van der Waals surface area contributed by atoms with Crippen molar-refractivity contribution in [2.24, 2.45) is 0 Å². The number of methoxy groups -OCH3 is 1. The van der Waals surface area contributed by atoms with Crippen LogP contribution >= 0.6 is 11.3 Å². The molecule has 0 aliphatic carbocycles. The number of carboxylic acids is 1. The molecule has 1 atom stereocenters. The molecule has 0 amide bonds. The van der Waals surface area contributed by atoms with Crippen molar-refractivity contribution >= 4 is 23.3 Å². The van der Waals surface area contributed by atoms with E-state index in [1.54, 1.807) is 16.8 Å². The zero-order valence-electron chi connectivity index (χ0n) is 13.2. The lowest BCUT2D eigenvalue weighted by atomic mass is 9.90. The maximum Gasteiger partial charge on any atom is 0.323 e. The van der Waals surface area contributed by atoms with Gasteiger partial charge in [0, 0.05) is 11.6 Å². The minimum atomic E-state index is -1.17. The lowest BCUT2D eigenvalue weighted by Crippen LogP contribution is -2.30. The number of pyridine rings is 1. The average molecular weight is 351 g/mol. The number of rotatable bonds is 6. The second-order valence-corrected chi connectivity index (χ2v) is 6.04. The molecule has 0 aliphatic heterocycles. The van der Waals surface area contributed by atoms with E-state index in [-0.39, 0.29) is 17.7 Å². The number of carbonyl (C=O) groups is 2. The Bertz CT molecular complexity index is 809. The molecule has 0 aliphatic rings. The molecule has 2 rings (SSSR count). The Kier molecular flexibility index (Phi) is 5.40. The Hall–Kier alpha value is -2.61. The quantitative estimate of drug-likeness (QED) is 0.768. The highest BCUT2D eigenvalue weighted by Gasteiger charge is 2.27. The Morgan fingerprint density at radius 3 is 2.67 bits per heavy atom. The van der Waals surface area contributed by atoms with Crippen LogP contribution in [0.4, 0.5) is 0 Å². The van der Waals surface area contributed by atoms with Crippen molar-refractivity contribution < 1.29 is 24.5 Å². The number of aromatic hydroxyl groups is 1. The highest BCUT2D eigenvalue weighted by molar-refractivity contribution is 7.08. The first-order valence-electron chi connectivity index (χ1n) is 7.09. The van der Waals surface area contributed by atoms with E-state index in [9.17, 15) is 19.5 Å². The van der Waals surface area contributed by atoms with E-state index >= 15 is 0 Å². The summed E-state index contributed by atoms with van der Waals surface area (Å²) in [5.41, 5.74) is 0.370. The zero-order valence-corrected chi connectivity index (χ0v) is 14.0. The van der Waals surface area contributed by atoms with E-state index in [4.69, 9.17) is 5.11 Å². The van der Waals surface area contributed by atoms with Crippen LogP contribution < -0.4 is 5.56 Å². The van der Waals surface area contributed by atoms with Gasteiger partial charge in [0.2, 0.25) is 0 Å². The van der Waals surface area contributed by atoms with Crippen LogP contribution in [-0.4, -0.2) is 33.8 Å². The van der Waals surface area contributed by atoms with Crippen molar-refractivity contribution in [3.8, 4) is 5.75 Å². The van der Waals surface area contributed by atoms with Gasteiger partial charge in [0.25, 0.3) is 5.56 Å². The monoisotopic (exact) mass is 351 g/mol. The molecule has 2 aromatic rings. The van der Waals surface area contributed by atoms with Crippen molar-refractivity contribution in [3.63, 3.8) is 0 Å². The van der Waals surface area contributed by atoms with Crippen LogP contribution in [0.1, 0.15) is 29.2 Å². The van der Waals surface area contributed by atoms with Gasteiger partial charge in [-0.05, 0) is 35.4 Å². The number of thiophene rings is 1. The number of ether oxygens (including phenoxy) is 1. The number of aliphatic carboxylic acids is 1. The van der Waals surface area contributed by atoms with Gasteiger partial charge in [0.15, 0.2) is 0 Å². The molecule has 0 radical (unpaired) electrons. The molecular weight excluding hydrogens is 334 g/mol. The predicted molar refractivity (Wildman–Crippen MR) is 87.5 cm³/mol. The summed E-state index contributed by atoms with van der Waals surface area (Å²) in [5.74, 6) is -2.68. The molecule has 0 bridgehead atoms. The molecule has 0 unspecified atom stereocenters. The average Bonchev–Trinajstić information content (AvgIpc) is 3.04. The zero-order chi connectivity index (χ0) is 17.9. The maximum atomic E-state index is 12.7. The van der Waals surface area contributed by atoms with Crippen LogP contribution in [0.3, 0.4) is 0 Å². The first-order valence-corrected chi connectivity index (χ1v) is 8.03. The number of aromatic nitrogens is 1. The molecule has 0 aromatic carbocycles. The molecule has 2 aromatic heterocycles. The minimum absolute atomic E-state index is 0.00866. The molecule has 8 heteroatoms. The number of aryl methyl sites for hydroxylation is 1. The maximum absolute atomic E-state index is 12.7. The molecular formula is C16H17NO6S. The Morgan fingerprint density at radius 2 is 2.12 bits per heavy atom. The number of nitrogens with zero attached hydrogens (tertiary/aromatic N) is 1. The highest BCUT2D eigenvalue weighted by atomic mass is 32.1. The van der Waals surface area contributed by atoms with Gasteiger partial charge in [-0.15, -0.1) is 0 Å². The van der Waals surface area contributed by atoms with Crippen molar-refractivity contribution in [2.45, 2.75) is 25.8 Å². The van der Waals surface area contributed by atoms with Crippen LogP contribution in [0.5, 0.6) is 5.75 Å². The smallest absolute Gasteiger partial charge is 0.323 e. The summed E-state index contributed by atoms with van der Waals surface area (Å²) >= 11 is 1.39. The third kappa shape index (κ3) is 3.65. The number of hydrogen-bond acceptors (Lipinski definition) is 6. The molecule has 0 saturated carbocycles. The van der Waals surface area contributed by atoms with E-state index in [2.05, 4.69) is 4.74 Å². The highest BCUT2D eigenvalue weighted by Crippen LogP contribution is 2.33. The summed E-state index contributed by atoms with van der Waals surface area (Å²) in [6.07, 6.45) is -0.133. The molecule has 2 N–H and O–H groups in total. The van der Waals surface area contributed by atoms with Crippen molar-refractivity contribution in [1.29, 1.82) is 0 Å². The number of esters is 1. The van der Waals surface area contributed by atoms with Gasteiger partial charge in [-0.2, -0.15) is 11.3 Å². The van der Waals surface area contributed by atoms with E-state index in [0.717, 1.165) is 4.57 Å². The summed E-state index contributed by atoms with van der Waals surface area (Å²) in [6, 6.07) is 3.08. The third-order valence-corrected chi connectivity index (χ3v) is 4.41. The SMILES string of the molecule is COC(=O)C[C@@H](c1ccsc1)c1c(O)cc(C)n(CC(=O)O)c1=O. The van der Waals surface area contributed by atoms with Gasteiger partial charge in [-0.3, -0.25) is 14.4 Å². The molecule has 0 saturated heterocycles. The number of carboxylic acid groups (broad SMARTS) is 1. The van der Waals surface area contributed by atoms with Crippen LogP contribution in [-0.2, 0) is 20.9 Å². The topological polar surface area (TPSA) is 106 Å². The number of carbonyl (C=O) groups excluding carboxylic acids is 1. The predicted octanol–water partition coefficient (Wildman–Crippen LogP) is 1.70. The second-order valence-electron chi connectivity index (χ2n) is 5.26. The van der Waals surface area contributed by atoms with E-state index in [0.29, 0.717) is 11.3 Å². The van der Waals surface area contributed by atoms with Gasteiger partial charge >= 0.3 is 11.9 Å². The van der Waals surface area contributed by atoms with Crippen LogP contribution in [0.15, 0.2) is 27.7 Å². The Morgan fingerprint density at radius 1 is 1.42 bits per heavy atom. The molecule has 7 nitrogen and oxygen atoms in total. The third-order valence-electron chi connectivity index (χ3n) is 3.71. The fraction of sp³-hybridized carbons (Fsp3) is 0.312. The summed E-state index contributed by atoms with van der Waals surface area (Å²) in [6.45, 7) is 1.01. The van der Waals surface area contributed by atoms with Crippen LogP contribution in [0, 0.1) is 6.92 Å². The van der Waals surface area contributed by atoms with Crippen molar-refractivity contribution in [1.82, 2.24) is 4.57 Å². The van der Waals surface area contributed by atoms with E-state index in [1.165, 1.54) is 31.4 Å².